The van der Waals surface area contributed by atoms with Gasteiger partial charge in [0.15, 0.2) is 5.76 Å². The van der Waals surface area contributed by atoms with E-state index in [-0.39, 0.29) is 23.3 Å². The van der Waals surface area contributed by atoms with Crippen molar-refractivity contribution in [2.75, 3.05) is 44.2 Å². The molecule has 2 aliphatic rings. The Balaban J connectivity index is 1.51. The second kappa shape index (κ2) is 8.79. The van der Waals surface area contributed by atoms with Crippen molar-refractivity contribution in [1.82, 2.24) is 9.80 Å². The number of piperidine rings is 1. The van der Waals surface area contributed by atoms with Crippen LogP contribution in [0.1, 0.15) is 40.7 Å². The highest BCUT2D eigenvalue weighted by Crippen LogP contribution is 2.30. The van der Waals surface area contributed by atoms with Crippen LogP contribution in [0.3, 0.4) is 0 Å². The fourth-order valence-electron chi connectivity index (χ4n) is 4.17. The molecule has 2 saturated heterocycles. The fourth-order valence-corrected chi connectivity index (χ4v) is 4.17. The first-order valence-electron chi connectivity index (χ1n) is 10.6. The number of furan rings is 1. The Hall–Kier alpha value is -3.36. The zero-order valence-corrected chi connectivity index (χ0v) is 17.5. The van der Waals surface area contributed by atoms with Crippen LogP contribution in [-0.2, 0) is 0 Å². The Morgan fingerprint density at radius 2 is 1.65 bits per heavy atom. The van der Waals surface area contributed by atoms with Crippen LogP contribution in [0.15, 0.2) is 41.0 Å². The smallest absolute Gasteiger partial charge is 0.289 e. The van der Waals surface area contributed by atoms with Crippen molar-refractivity contribution in [3.63, 3.8) is 0 Å². The van der Waals surface area contributed by atoms with Gasteiger partial charge < -0.3 is 19.1 Å². The summed E-state index contributed by atoms with van der Waals surface area (Å²) in [5.74, 6) is 0.478. The van der Waals surface area contributed by atoms with E-state index in [1.807, 2.05) is 0 Å². The lowest BCUT2D eigenvalue weighted by molar-refractivity contribution is -0.384. The molecule has 0 saturated carbocycles. The lowest BCUT2D eigenvalue weighted by atomic mass is 9.97. The summed E-state index contributed by atoms with van der Waals surface area (Å²) in [7, 11) is 0. The van der Waals surface area contributed by atoms with E-state index < -0.39 is 4.92 Å². The maximum Gasteiger partial charge on any atom is 0.289 e. The first kappa shape index (κ1) is 20.9. The van der Waals surface area contributed by atoms with E-state index in [2.05, 4.69) is 11.8 Å². The molecular weight excluding hydrogens is 400 g/mol. The van der Waals surface area contributed by atoms with Gasteiger partial charge in [-0.1, -0.05) is 6.92 Å². The first-order chi connectivity index (χ1) is 14.9. The molecule has 2 fully saturated rings. The maximum atomic E-state index is 13.4. The Kier molecular flexibility index (Phi) is 5.92. The number of amides is 2. The van der Waals surface area contributed by atoms with Crippen LogP contribution >= 0.6 is 0 Å². The largest absolute Gasteiger partial charge is 0.459 e. The monoisotopic (exact) mass is 426 g/mol. The van der Waals surface area contributed by atoms with Crippen molar-refractivity contribution in [2.24, 2.45) is 5.92 Å². The molecule has 9 heteroatoms. The van der Waals surface area contributed by atoms with Crippen LogP contribution in [0.5, 0.6) is 0 Å². The number of nitro benzene ring substituents is 1. The average Bonchev–Trinajstić information content (AvgIpc) is 3.33. The number of benzene rings is 1. The molecule has 0 aliphatic carbocycles. The Bertz CT molecular complexity index is 958. The summed E-state index contributed by atoms with van der Waals surface area (Å²) in [6.45, 7) is 5.36. The van der Waals surface area contributed by atoms with Gasteiger partial charge in [-0.25, -0.2) is 0 Å². The van der Waals surface area contributed by atoms with Gasteiger partial charge in [-0.15, -0.1) is 0 Å². The molecule has 3 heterocycles. The van der Waals surface area contributed by atoms with E-state index in [9.17, 15) is 19.7 Å². The maximum absolute atomic E-state index is 13.4. The molecule has 0 spiro atoms. The number of carbonyl (C=O) groups excluding carboxylic acids is 2. The molecule has 164 valence electrons. The molecule has 0 unspecified atom stereocenters. The molecule has 0 bridgehead atoms. The van der Waals surface area contributed by atoms with Gasteiger partial charge in [0.25, 0.3) is 17.5 Å². The second-order valence-electron chi connectivity index (χ2n) is 8.19. The third kappa shape index (κ3) is 4.40. The van der Waals surface area contributed by atoms with E-state index in [1.165, 1.54) is 18.4 Å². The minimum atomic E-state index is -0.473. The van der Waals surface area contributed by atoms with Gasteiger partial charge in [0.2, 0.25) is 0 Å². The zero-order valence-electron chi connectivity index (χ0n) is 17.5. The van der Waals surface area contributed by atoms with Gasteiger partial charge in [0.1, 0.15) is 0 Å². The SMILES string of the molecule is CC1CCN(c2ccc([N+](=O)[O-])cc2C(=O)N2CCN(C(=O)c3ccco3)CC2)CC1. The number of non-ortho nitro benzene ring substituents is 1. The van der Waals surface area contributed by atoms with Gasteiger partial charge in [-0.2, -0.15) is 0 Å². The lowest BCUT2D eigenvalue weighted by Crippen LogP contribution is -2.50. The molecule has 1 aromatic carbocycles. The summed E-state index contributed by atoms with van der Waals surface area (Å²) in [4.78, 5) is 42.1. The first-order valence-corrected chi connectivity index (χ1v) is 10.6. The molecule has 0 radical (unpaired) electrons. The van der Waals surface area contributed by atoms with Crippen molar-refractivity contribution in [1.29, 1.82) is 0 Å². The lowest BCUT2D eigenvalue weighted by Gasteiger charge is -2.36. The highest BCUT2D eigenvalue weighted by Gasteiger charge is 2.30. The number of anilines is 1. The third-order valence-electron chi connectivity index (χ3n) is 6.13. The van der Waals surface area contributed by atoms with E-state index in [0.29, 0.717) is 37.7 Å². The second-order valence-corrected chi connectivity index (χ2v) is 8.19. The predicted octanol–water partition coefficient (Wildman–Crippen LogP) is 3.02. The van der Waals surface area contributed by atoms with Crippen LogP contribution in [0.25, 0.3) is 0 Å². The fraction of sp³-hybridized carbons (Fsp3) is 0.455. The third-order valence-corrected chi connectivity index (χ3v) is 6.13. The molecule has 2 aromatic rings. The minimum Gasteiger partial charge on any atom is -0.459 e. The summed E-state index contributed by atoms with van der Waals surface area (Å²) in [6, 6.07) is 7.82. The number of piperazine rings is 1. The van der Waals surface area contributed by atoms with Crippen molar-refractivity contribution < 1.29 is 18.9 Å². The van der Waals surface area contributed by atoms with Crippen molar-refractivity contribution in [2.45, 2.75) is 19.8 Å². The molecule has 31 heavy (non-hydrogen) atoms. The quantitative estimate of drug-likeness (QED) is 0.550. The number of rotatable bonds is 4. The average molecular weight is 426 g/mol. The highest BCUT2D eigenvalue weighted by molar-refractivity contribution is 6.01. The van der Waals surface area contributed by atoms with Gasteiger partial charge in [-0.05, 0) is 37.0 Å². The molecule has 2 aliphatic heterocycles. The zero-order chi connectivity index (χ0) is 22.0. The van der Waals surface area contributed by atoms with E-state index in [0.717, 1.165) is 31.6 Å². The number of hydrogen-bond donors (Lipinski definition) is 0. The van der Waals surface area contributed by atoms with Crippen LogP contribution in [0.2, 0.25) is 0 Å². The molecule has 9 nitrogen and oxygen atoms in total. The Morgan fingerprint density at radius 3 is 2.23 bits per heavy atom. The van der Waals surface area contributed by atoms with Gasteiger partial charge in [-0.3, -0.25) is 19.7 Å². The number of nitro groups is 1. The number of carbonyl (C=O) groups is 2. The summed E-state index contributed by atoms with van der Waals surface area (Å²) < 4.78 is 5.18. The minimum absolute atomic E-state index is 0.0934. The predicted molar refractivity (Wildman–Crippen MR) is 114 cm³/mol. The van der Waals surface area contributed by atoms with Crippen molar-refractivity contribution >= 4 is 23.2 Å². The van der Waals surface area contributed by atoms with E-state index in [1.54, 1.807) is 28.0 Å². The molecule has 0 atom stereocenters. The van der Waals surface area contributed by atoms with Gasteiger partial charge >= 0.3 is 0 Å². The molecule has 0 N–H and O–H groups in total. The Labute approximate surface area is 180 Å². The number of hydrogen-bond acceptors (Lipinski definition) is 6. The molecule has 4 rings (SSSR count). The summed E-state index contributed by atoms with van der Waals surface area (Å²) >= 11 is 0. The van der Waals surface area contributed by atoms with Crippen LogP contribution in [0, 0.1) is 16.0 Å². The number of nitrogens with zero attached hydrogens (tertiary/aromatic N) is 4. The van der Waals surface area contributed by atoms with Gasteiger partial charge in [0, 0.05) is 51.4 Å². The van der Waals surface area contributed by atoms with Crippen LogP contribution < -0.4 is 4.90 Å². The standard InChI is InChI=1S/C22H26N4O5/c1-16-6-8-23(9-7-16)19-5-4-17(26(29)30)15-18(19)21(27)24-10-12-25(13-11-24)22(28)20-3-2-14-31-20/h2-5,14-16H,6-13H2,1H3. The van der Waals surface area contributed by atoms with Crippen LogP contribution in [0.4, 0.5) is 11.4 Å². The van der Waals surface area contributed by atoms with E-state index >= 15 is 0 Å². The van der Waals surface area contributed by atoms with Gasteiger partial charge in [0.05, 0.1) is 22.4 Å². The summed E-state index contributed by atoms with van der Waals surface area (Å²) in [5, 5.41) is 11.3. The molecule has 1 aromatic heterocycles. The van der Waals surface area contributed by atoms with Crippen molar-refractivity contribution in [3.05, 3.63) is 58.0 Å². The molecular formula is C22H26N4O5. The Morgan fingerprint density at radius 1 is 1.00 bits per heavy atom. The van der Waals surface area contributed by atoms with Crippen molar-refractivity contribution in [3.8, 4) is 0 Å². The topological polar surface area (TPSA) is 100 Å². The summed E-state index contributed by atoms with van der Waals surface area (Å²) in [5.41, 5.74) is 1.01. The molecule has 2 amide bonds. The normalized spacial score (nSPS) is 17.6. The highest BCUT2D eigenvalue weighted by atomic mass is 16.6. The van der Waals surface area contributed by atoms with Crippen LogP contribution in [-0.4, -0.2) is 65.8 Å². The summed E-state index contributed by atoms with van der Waals surface area (Å²) in [6.07, 6.45) is 3.51. The van der Waals surface area contributed by atoms with E-state index in [4.69, 9.17) is 4.42 Å².